The van der Waals surface area contributed by atoms with Gasteiger partial charge in [-0.3, -0.25) is 9.59 Å². The van der Waals surface area contributed by atoms with Crippen molar-refractivity contribution in [3.05, 3.63) is 122 Å². The number of hydrogen-bond donors (Lipinski definition) is 3. The first-order valence-corrected chi connectivity index (χ1v) is 22.0. The maximum absolute atomic E-state index is 12.8. The summed E-state index contributed by atoms with van der Waals surface area (Å²) < 4.78 is 22.5. The van der Waals surface area contributed by atoms with Crippen molar-refractivity contribution < 1.29 is 43.9 Å². The van der Waals surface area contributed by atoms with Gasteiger partial charge in [0.05, 0.1) is 12.7 Å². The van der Waals surface area contributed by atoms with E-state index in [0.29, 0.717) is 25.7 Å². The maximum atomic E-state index is 12.8. The van der Waals surface area contributed by atoms with E-state index in [0.717, 1.165) is 70.6 Å². The van der Waals surface area contributed by atoms with Crippen LogP contribution >= 0.6 is 0 Å². The van der Waals surface area contributed by atoms with Crippen molar-refractivity contribution in [1.82, 2.24) is 0 Å². The zero-order valence-electron chi connectivity index (χ0n) is 36.2. The molecule has 6 atom stereocenters. The predicted octanol–water partition coefficient (Wildman–Crippen LogP) is 10.5. The Balaban J connectivity index is 2.45. The minimum absolute atomic E-state index is 0.164. The molecule has 0 aromatic heterocycles. The molecule has 59 heavy (non-hydrogen) atoms. The molecule has 0 radical (unpaired) electrons. The first-order chi connectivity index (χ1) is 28.8. The third-order valence-electron chi connectivity index (χ3n) is 9.06. The normalized spacial score (nSPS) is 21.2. The second-order valence-electron chi connectivity index (χ2n) is 14.3. The van der Waals surface area contributed by atoms with Crippen LogP contribution in [0.3, 0.4) is 0 Å². The molecule has 0 amide bonds. The van der Waals surface area contributed by atoms with E-state index >= 15 is 0 Å². The standard InChI is InChI=1S/C50H76O9/c1-4-7-9-11-13-15-17-19-21-23-25-27-29-31-33-35-37-39-45(51)56-41-43(42-57-50-49(55)48(54)47(53)44(6-3)59-50)58-46(52)40-38-36-34-32-30-28-26-24-22-20-18-16-14-12-10-8-5-2/h7-10,13-16,19-22,25-28,31-34,43-44,47-50,53-55H,4-6,11-12,17-18,23-24,29-30,35-42H2,1-3H3/b9-7-,10-8-,15-13-,16-14-,21-19-,22-20-,27-25-,28-26-,33-31-,34-32-. The average molecular weight is 821 g/mol. The molecule has 1 aliphatic heterocycles. The Hall–Kier alpha value is -3.86. The largest absolute Gasteiger partial charge is 0.462 e. The van der Waals surface area contributed by atoms with Gasteiger partial charge in [0.1, 0.15) is 24.9 Å². The van der Waals surface area contributed by atoms with Gasteiger partial charge in [-0.15, -0.1) is 0 Å². The van der Waals surface area contributed by atoms with Crippen LogP contribution in [0.2, 0.25) is 0 Å². The lowest BCUT2D eigenvalue weighted by Crippen LogP contribution is -2.58. The molecule has 1 heterocycles. The highest BCUT2D eigenvalue weighted by atomic mass is 16.7. The van der Waals surface area contributed by atoms with E-state index in [1.54, 1.807) is 6.92 Å². The third-order valence-corrected chi connectivity index (χ3v) is 9.06. The summed E-state index contributed by atoms with van der Waals surface area (Å²) in [5.74, 6) is -0.886. The lowest BCUT2D eigenvalue weighted by molar-refractivity contribution is -0.301. The van der Waals surface area contributed by atoms with Gasteiger partial charge in [0.25, 0.3) is 0 Å². The minimum atomic E-state index is -1.51. The van der Waals surface area contributed by atoms with Crippen LogP contribution in [0.25, 0.3) is 0 Å². The summed E-state index contributed by atoms with van der Waals surface area (Å²) in [6.45, 7) is 5.57. The predicted molar refractivity (Wildman–Crippen MR) is 240 cm³/mol. The Morgan fingerprint density at radius 2 is 0.898 bits per heavy atom. The molecule has 0 saturated carbocycles. The molecule has 3 N–H and O–H groups in total. The van der Waals surface area contributed by atoms with Crippen LogP contribution in [-0.4, -0.2) is 77.3 Å². The highest BCUT2D eigenvalue weighted by Gasteiger charge is 2.43. The highest BCUT2D eigenvalue weighted by Crippen LogP contribution is 2.24. The van der Waals surface area contributed by atoms with E-state index in [1.807, 2.05) is 12.2 Å². The van der Waals surface area contributed by atoms with Gasteiger partial charge in [-0.1, -0.05) is 142 Å². The van der Waals surface area contributed by atoms with E-state index in [4.69, 9.17) is 18.9 Å². The van der Waals surface area contributed by atoms with Gasteiger partial charge in [-0.05, 0) is 96.3 Å². The lowest BCUT2D eigenvalue weighted by atomic mass is 9.97. The molecule has 6 unspecified atom stereocenters. The summed E-state index contributed by atoms with van der Waals surface area (Å²) in [7, 11) is 0. The molecule has 1 aliphatic rings. The fourth-order valence-corrected chi connectivity index (χ4v) is 5.68. The Labute approximate surface area is 356 Å². The van der Waals surface area contributed by atoms with Gasteiger partial charge in [0, 0.05) is 12.8 Å². The zero-order valence-corrected chi connectivity index (χ0v) is 36.2. The first-order valence-electron chi connectivity index (χ1n) is 22.0. The van der Waals surface area contributed by atoms with Crippen molar-refractivity contribution in [1.29, 1.82) is 0 Å². The fourth-order valence-electron chi connectivity index (χ4n) is 5.68. The number of carbonyl (C=O) groups is 2. The second kappa shape index (κ2) is 38.3. The van der Waals surface area contributed by atoms with Crippen LogP contribution in [-0.2, 0) is 28.5 Å². The molecule has 0 aromatic rings. The molecule has 330 valence electrons. The Morgan fingerprint density at radius 3 is 1.31 bits per heavy atom. The lowest BCUT2D eigenvalue weighted by Gasteiger charge is -2.40. The van der Waals surface area contributed by atoms with Crippen molar-refractivity contribution in [2.24, 2.45) is 0 Å². The smallest absolute Gasteiger partial charge is 0.306 e. The van der Waals surface area contributed by atoms with Crippen LogP contribution in [0, 0.1) is 0 Å². The van der Waals surface area contributed by atoms with Gasteiger partial charge < -0.3 is 34.3 Å². The van der Waals surface area contributed by atoms with Crippen LogP contribution in [0.4, 0.5) is 0 Å². The van der Waals surface area contributed by atoms with E-state index in [1.165, 1.54) is 0 Å². The van der Waals surface area contributed by atoms with Crippen molar-refractivity contribution in [2.45, 2.75) is 167 Å². The summed E-state index contributed by atoms with van der Waals surface area (Å²) in [6.07, 6.45) is 48.5. The molecule has 0 aliphatic carbocycles. The average Bonchev–Trinajstić information content (AvgIpc) is 3.23. The van der Waals surface area contributed by atoms with E-state index in [9.17, 15) is 24.9 Å². The summed E-state index contributed by atoms with van der Waals surface area (Å²) >= 11 is 0. The SMILES string of the molecule is CC/C=C\C/C=C\C/C=C\C/C=C\C/C=C\CCCC(=O)OCC(COC1OC(CC)C(O)C(O)C1O)OC(=O)CCC/C=C\C/C=C\C/C=C\C/C=C\C/C=C\CC. The van der Waals surface area contributed by atoms with Gasteiger partial charge in [-0.25, -0.2) is 0 Å². The number of aliphatic hydroxyl groups excluding tert-OH is 3. The Morgan fingerprint density at radius 1 is 0.508 bits per heavy atom. The van der Waals surface area contributed by atoms with Crippen LogP contribution in [0.15, 0.2) is 122 Å². The first kappa shape index (κ1) is 53.2. The van der Waals surface area contributed by atoms with E-state index in [-0.39, 0.29) is 26.1 Å². The highest BCUT2D eigenvalue weighted by molar-refractivity contribution is 5.70. The number of rotatable bonds is 33. The van der Waals surface area contributed by atoms with Gasteiger partial charge in [0.2, 0.25) is 0 Å². The van der Waals surface area contributed by atoms with Crippen molar-refractivity contribution >= 4 is 11.9 Å². The monoisotopic (exact) mass is 821 g/mol. The summed E-state index contributed by atoms with van der Waals surface area (Å²) in [5, 5.41) is 30.9. The minimum Gasteiger partial charge on any atom is -0.462 e. The molecule has 1 rings (SSSR count). The number of aliphatic hydroxyl groups is 3. The Kier molecular flexibility index (Phi) is 34.6. The molecular weight excluding hydrogens is 745 g/mol. The number of allylic oxidation sites excluding steroid dienone is 20. The zero-order chi connectivity index (χ0) is 43.0. The van der Waals surface area contributed by atoms with Gasteiger partial charge >= 0.3 is 11.9 Å². The third kappa shape index (κ3) is 29.9. The molecule has 9 heteroatoms. The van der Waals surface area contributed by atoms with Crippen molar-refractivity contribution in [3.63, 3.8) is 0 Å². The molecule has 1 saturated heterocycles. The summed E-state index contributed by atoms with van der Waals surface area (Å²) in [5.41, 5.74) is 0. The summed E-state index contributed by atoms with van der Waals surface area (Å²) in [4.78, 5) is 25.3. The van der Waals surface area contributed by atoms with Crippen LogP contribution in [0.1, 0.15) is 130 Å². The second-order valence-corrected chi connectivity index (χ2v) is 14.3. The van der Waals surface area contributed by atoms with Gasteiger partial charge in [-0.2, -0.15) is 0 Å². The fraction of sp³-hybridized carbons (Fsp3) is 0.560. The Bertz CT molecular complexity index is 1360. The van der Waals surface area contributed by atoms with E-state index in [2.05, 4.69) is 123 Å². The van der Waals surface area contributed by atoms with E-state index < -0.39 is 48.7 Å². The quantitative estimate of drug-likeness (QED) is 0.0336. The maximum Gasteiger partial charge on any atom is 0.306 e. The van der Waals surface area contributed by atoms with Crippen LogP contribution in [0.5, 0.6) is 0 Å². The molecular formula is C50H76O9. The molecule has 0 bridgehead atoms. The number of carbonyl (C=O) groups excluding carboxylic acids is 2. The van der Waals surface area contributed by atoms with Crippen molar-refractivity contribution in [3.8, 4) is 0 Å². The number of hydrogen-bond acceptors (Lipinski definition) is 9. The molecule has 0 aromatic carbocycles. The number of ether oxygens (including phenoxy) is 4. The topological polar surface area (TPSA) is 132 Å². The van der Waals surface area contributed by atoms with Crippen molar-refractivity contribution in [2.75, 3.05) is 13.2 Å². The van der Waals surface area contributed by atoms with Gasteiger partial charge in [0.15, 0.2) is 12.4 Å². The molecule has 0 spiro atoms. The molecule has 9 nitrogen and oxygen atoms in total. The number of unbranched alkanes of at least 4 members (excludes halogenated alkanes) is 2. The number of esters is 2. The molecule has 1 fully saturated rings. The summed E-state index contributed by atoms with van der Waals surface area (Å²) in [6, 6.07) is 0. The van der Waals surface area contributed by atoms with Crippen LogP contribution < -0.4 is 0 Å².